The topological polar surface area (TPSA) is 35.2 Å². The fourth-order valence-corrected chi connectivity index (χ4v) is 1.90. The monoisotopic (exact) mass is 235 g/mol. The smallest absolute Gasteiger partial charge is 0.120 e. The summed E-state index contributed by atoms with van der Waals surface area (Å²) in [7, 11) is 0. The minimum atomic E-state index is 0.292. The molecule has 0 aliphatic carbocycles. The molecule has 0 radical (unpaired) electrons. The van der Waals surface area contributed by atoms with Gasteiger partial charge in [-0.1, -0.05) is 38.3 Å². The van der Waals surface area contributed by atoms with Crippen LogP contribution in [0.25, 0.3) is 0 Å². The summed E-state index contributed by atoms with van der Waals surface area (Å²) in [5, 5.41) is 0. The molecule has 2 nitrogen and oxygen atoms in total. The van der Waals surface area contributed by atoms with Crippen LogP contribution >= 0.6 is 0 Å². The molecule has 1 atom stereocenters. The number of unbranched alkanes of at least 4 members (excludes halogenated alkanes) is 3. The van der Waals surface area contributed by atoms with E-state index < -0.39 is 0 Å². The first kappa shape index (κ1) is 14.0. The van der Waals surface area contributed by atoms with Crippen LogP contribution in [0.3, 0.4) is 0 Å². The highest BCUT2D eigenvalue weighted by atomic mass is 16.5. The van der Waals surface area contributed by atoms with E-state index in [1.807, 2.05) is 24.3 Å². The van der Waals surface area contributed by atoms with E-state index in [1.54, 1.807) is 0 Å². The third-order valence-electron chi connectivity index (χ3n) is 2.94. The number of rotatable bonds is 8. The first-order chi connectivity index (χ1) is 8.26. The zero-order valence-electron chi connectivity index (χ0n) is 11.1. The third kappa shape index (κ3) is 5.73. The van der Waals surface area contributed by atoms with E-state index in [0.717, 1.165) is 17.7 Å². The lowest BCUT2D eigenvalue weighted by Gasteiger charge is -2.15. The van der Waals surface area contributed by atoms with Gasteiger partial charge in [-0.15, -0.1) is 0 Å². The van der Waals surface area contributed by atoms with Crippen molar-refractivity contribution in [1.82, 2.24) is 0 Å². The zero-order valence-corrected chi connectivity index (χ0v) is 11.1. The van der Waals surface area contributed by atoms with Crippen molar-refractivity contribution in [3.05, 3.63) is 29.8 Å². The molecule has 0 spiro atoms. The van der Waals surface area contributed by atoms with Crippen LogP contribution in [-0.2, 0) is 6.54 Å². The molecule has 1 rings (SSSR count). The van der Waals surface area contributed by atoms with Crippen LogP contribution in [0, 0.1) is 0 Å². The number of nitrogens with two attached hydrogens (primary N) is 1. The summed E-state index contributed by atoms with van der Waals surface area (Å²) in [5.41, 5.74) is 6.73. The van der Waals surface area contributed by atoms with Gasteiger partial charge in [-0.05, 0) is 37.5 Å². The molecule has 0 aliphatic heterocycles. The highest BCUT2D eigenvalue weighted by Gasteiger charge is 2.04. The van der Waals surface area contributed by atoms with Crippen LogP contribution in [0.4, 0.5) is 0 Å². The van der Waals surface area contributed by atoms with Crippen molar-refractivity contribution >= 4 is 0 Å². The van der Waals surface area contributed by atoms with Crippen LogP contribution in [0.5, 0.6) is 5.75 Å². The number of hydrogen-bond donors (Lipinski definition) is 1. The van der Waals surface area contributed by atoms with Gasteiger partial charge >= 0.3 is 0 Å². The van der Waals surface area contributed by atoms with Gasteiger partial charge in [-0.3, -0.25) is 0 Å². The van der Waals surface area contributed by atoms with Gasteiger partial charge in [0.25, 0.3) is 0 Å². The molecule has 1 aromatic carbocycles. The second kappa shape index (κ2) is 8.13. The molecule has 0 heterocycles. The molecule has 17 heavy (non-hydrogen) atoms. The van der Waals surface area contributed by atoms with Crippen molar-refractivity contribution in [2.75, 3.05) is 0 Å². The Labute approximate surface area is 105 Å². The summed E-state index contributed by atoms with van der Waals surface area (Å²) in [6, 6.07) is 8.06. The molecule has 2 heteroatoms. The quantitative estimate of drug-likeness (QED) is 0.694. The molecule has 2 N–H and O–H groups in total. The van der Waals surface area contributed by atoms with E-state index in [0.29, 0.717) is 12.6 Å². The van der Waals surface area contributed by atoms with E-state index in [4.69, 9.17) is 10.5 Å². The Morgan fingerprint density at radius 2 is 2.06 bits per heavy atom. The van der Waals surface area contributed by atoms with Crippen LogP contribution in [-0.4, -0.2) is 6.10 Å². The Bertz CT molecular complexity index is 312. The fraction of sp³-hybridized carbons (Fsp3) is 0.600. The van der Waals surface area contributed by atoms with Crippen molar-refractivity contribution in [1.29, 1.82) is 0 Å². The summed E-state index contributed by atoms with van der Waals surface area (Å²) >= 11 is 0. The molecule has 0 fully saturated rings. The molecule has 0 aliphatic rings. The summed E-state index contributed by atoms with van der Waals surface area (Å²) in [6.07, 6.45) is 6.61. The normalized spacial score (nSPS) is 12.4. The molecule has 1 aromatic rings. The average molecular weight is 235 g/mol. The van der Waals surface area contributed by atoms with Crippen molar-refractivity contribution in [2.45, 2.75) is 58.6 Å². The summed E-state index contributed by atoms with van der Waals surface area (Å²) in [4.78, 5) is 0. The van der Waals surface area contributed by atoms with E-state index in [-0.39, 0.29) is 0 Å². The largest absolute Gasteiger partial charge is 0.491 e. The summed E-state index contributed by atoms with van der Waals surface area (Å²) < 4.78 is 5.88. The Kier molecular flexibility index (Phi) is 6.71. The molecule has 0 saturated heterocycles. The van der Waals surface area contributed by atoms with Gasteiger partial charge in [0.2, 0.25) is 0 Å². The van der Waals surface area contributed by atoms with Crippen LogP contribution in [0.15, 0.2) is 24.3 Å². The minimum Gasteiger partial charge on any atom is -0.491 e. The summed E-state index contributed by atoms with van der Waals surface area (Å²) in [5.74, 6) is 0.941. The predicted octanol–water partition coefficient (Wildman–Crippen LogP) is 3.88. The van der Waals surface area contributed by atoms with Gasteiger partial charge < -0.3 is 10.5 Å². The SMILES string of the molecule is CCCCCCC(C)Oc1cccc(CN)c1. The Morgan fingerprint density at radius 1 is 1.24 bits per heavy atom. The molecule has 0 aromatic heterocycles. The fourth-order valence-electron chi connectivity index (χ4n) is 1.90. The number of benzene rings is 1. The lowest BCUT2D eigenvalue weighted by Crippen LogP contribution is -2.11. The maximum atomic E-state index is 5.88. The van der Waals surface area contributed by atoms with Crippen LogP contribution in [0.1, 0.15) is 51.5 Å². The molecule has 0 saturated carbocycles. The van der Waals surface area contributed by atoms with E-state index in [9.17, 15) is 0 Å². The van der Waals surface area contributed by atoms with Crippen molar-refractivity contribution in [2.24, 2.45) is 5.73 Å². The first-order valence-corrected chi connectivity index (χ1v) is 6.72. The second-order valence-corrected chi connectivity index (χ2v) is 4.63. The van der Waals surface area contributed by atoms with E-state index >= 15 is 0 Å². The lowest BCUT2D eigenvalue weighted by atomic mass is 10.1. The second-order valence-electron chi connectivity index (χ2n) is 4.63. The molecular formula is C15H25NO. The first-order valence-electron chi connectivity index (χ1n) is 6.72. The van der Waals surface area contributed by atoms with Crippen molar-refractivity contribution in [3.63, 3.8) is 0 Å². The summed E-state index contributed by atoms with van der Waals surface area (Å²) in [6.45, 7) is 4.95. The molecule has 0 bridgehead atoms. The number of ether oxygens (including phenoxy) is 1. The van der Waals surface area contributed by atoms with Gasteiger partial charge in [-0.25, -0.2) is 0 Å². The Morgan fingerprint density at radius 3 is 2.76 bits per heavy atom. The third-order valence-corrected chi connectivity index (χ3v) is 2.94. The van der Waals surface area contributed by atoms with Crippen molar-refractivity contribution < 1.29 is 4.74 Å². The molecule has 0 amide bonds. The Hall–Kier alpha value is -1.02. The molecule has 1 unspecified atom stereocenters. The van der Waals surface area contributed by atoms with Crippen LogP contribution in [0.2, 0.25) is 0 Å². The van der Waals surface area contributed by atoms with Crippen molar-refractivity contribution in [3.8, 4) is 5.75 Å². The maximum Gasteiger partial charge on any atom is 0.120 e. The average Bonchev–Trinajstić information content (AvgIpc) is 2.35. The Balaban J connectivity index is 2.31. The van der Waals surface area contributed by atoms with Gasteiger partial charge in [0.05, 0.1) is 6.10 Å². The molecular weight excluding hydrogens is 210 g/mol. The predicted molar refractivity (Wildman–Crippen MR) is 73.2 cm³/mol. The number of hydrogen-bond acceptors (Lipinski definition) is 2. The standard InChI is InChI=1S/C15H25NO/c1-3-4-5-6-8-13(2)17-15-10-7-9-14(11-15)12-16/h7,9-11,13H,3-6,8,12,16H2,1-2H3. The maximum absolute atomic E-state index is 5.88. The zero-order chi connectivity index (χ0) is 12.5. The van der Waals surface area contributed by atoms with Gasteiger partial charge in [0.1, 0.15) is 5.75 Å². The molecule has 96 valence electrons. The van der Waals surface area contributed by atoms with E-state index in [2.05, 4.69) is 13.8 Å². The van der Waals surface area contributed by atoms with Crippen LogP contribution < -0.4 is 10.5 Å². The van der Waals surface area contributed by atoms with Gasteiger partial charge in [0, 0.05) is 6.54 Å². The minimum absolute atomic E-state index is 0.292. The highest BCUT2D eigenvalue weighted by molar-refractivity contribution is 5.28. The van der Waals surface area contributed by atoms with Gasteiger partial charge in [0.15, 0.2) is 0 Å². The van der Waals surface area contributed by atoms with Gasteiger partial charge in [-0.2, -0.15) is 0 Å². The lowest BCUT2D eigenvalue weighted by molar-refractivity contribution is 0.206. The highest BCUT2D eigenvalue weighted by Crippen LogP contribution is 2.17. The van der Waals surface area contributed by atoms with E-state index in [1.165, 1.54) is 25.7 Å².